The maximum atomic E-state index is 12.7. The summed E-state index contributed by atoms with van der Waals surface area (Å²) < 4.78 is 6.33. The molecule has 4 rings (SSSR count). The van der Waals surface area contributed by atoms with E-state index in [1.807, 2.05) is 54.6 Å². The Morgan fingerprint density at radius 2 is 1.83 bits per heavy atom. The highest BCUT2D eigenvalue weighted by molar-refractivity contribution is 7.99. The number of para-hydroxylation sites is 1. The number of amides is 1. The Kier molecular flexibility index (Phi) is 5.49. The number of hydrogen-bond acceptors (Lipinski definition) is 6. The molecule has 6 nitrogen and oxygen atoms in total. The minimum absolute atomic E-state index is 0.124. The van der Waals surface area contributed by atoms with Crippen molar-refractivity contribution in [2.24, 2.45) is 5.92 Å². The van der Waals surface area contributed by atoms with Crippen LogP contribution in [0.25, 0.3) is 11.3 Å². The summed E-state index contributed by atoms with van der Waals surface area (Å²) in [5, 5.41) is 9.28. The maximum absolute atomic E-state index is 12.7. The van der Waals surface area contributed by atoms with Crippen LogP contribution in [0.2, 0.25) is 0 Å². The van der Waals surface area contributed by atoms with Gasteiger partial charge in [-0.15, -0.1) is 10.2 Å². The summed E-state index contributed by atoms with van der Waals surface area (Å²) in [6, 6.07) is 17.3. The van der Waals surface area contributed by atoms with E-state index in [0.29, 0.717) is 22.6 Å². The predicted molar refractivity (Wildman–Crippen MR) is 114 cm³/mol. The monoisotopic (exact) mass is 406 g/mol. The molecule has 1 aromatic heterocycles. The predicted octanol–water partition coefficient (Wildman–Crippen LogP) is 4.73. The molecule has 0 saturated heterocycles. The number of rotatable bonds is 4. The fraction of sp³-hybridized carbons (Fsp3) is 0.273. The number of ether oxygens (including phenoxy) is 1. The first-order chi connectivity index (χ1) is 14.0. The molecular formula is C22H22N4O2S. The molecule has 0 saturated carbocycles. The highest BCUT2D eigenvalue weighted by Crippen LogP contribution is 2.43. The van der Waals surface area contributed by atoms with Gasteiger partial charge in [-0.25, -0.2) is 0 Å². The molecule has 1 amide bonds. The fourth-order valence-corrected chi connectivity index (χ4v) is 3.92. The molecule has 148 valence electrons. The highest BCUT2D eigenvalue weighted by atomic mass is 32.2. The molecule has 0 radical (unpaired) electrons. The molecule has 0 bridgehead atoms. The topological polar surface area (TPSA) is 68.2 Å². The minimum atomic E-state index is -0.643. The van der Waals surface area contributed by atoms with Crippen LogP contribution in [-0.2, 0) is 4.79 Å². The minimum Gasteiger partial charge on any atom is -0.447 e. The number of thioether (sulfide) groups is 1. The Morgan fingerprint density at radius 1 is 1.10 bits per heavy atom. The Morgan fingerprint density at radius 3 is 2.55 bits per heavy atom. The van der Waals surface area contributed by atoms with Gasteiger partial charge in [-0.2, -0.15) is 4.98 Å². The molecule has 2 heterocycles. The first kappa shape index (κ1) is 19.4. The zero-order valence-electron chi connectivity index (χ0n) is 16.6. The average molecular weight is 407 g/mol. The summed E-state index contributed by atoms with van der Waals surface area (Å²) in [6.07, 6.45) is -0.643. The van der Waals surface area contributed by atoms with Crippen LogP contribution >= 0.6 is 11.8 Å². The van der Waals surface area contributed by atoms with Gasteiger partial charge in [-0.1, -0.05) is 74.1 Å². The van der Waals surface area contributed by atoms with Gasteiger partial charge >= 0.3 is 0 Å². The fourth-order valence-electron chi connectivity index (χ4n) is 3.19. The number of hydrogen-bond donors (Lipinski definition) is 0. The van der Waals surface area contributed by atoms with Gasteiger partial charge in [0.15, 0.2) is 5.69 Å². The molecule has 0 aliphatic carbocycles. The molecular weight excluding hydrogens is 384 g/mol. The van der Waals surface area contributed by atoms with E-state index in [1.54, 1.807) is 16.7 Å². The van der Waals surface area contributed by atoms with Crippen LogP contribution in [0.1, 0.15) is 32.6 Å². The largest absolute Gasteiger partial charge is 0.447 e. The molecule has 1 atom stereocenters. The molecule has 1 aliphatic heterocycles. The van der Waals surface area contributed by atoms with Gasteiger partial charge in [0.05, 0.1) is 5.69 Å². The lowest BCUT2D eigenvalue weighted by Crippen LogP contribution is -2.36. The van der Waals surface area contributed by atoms with E-state index < -0.39 is 6.23 Å². The molecule has 1 unspecified atom stereocenters. The number of anilines is 1. The van der Waals surface area contributed by atoms with E-state index in [2.05, 4.69) is 29.0 Å². The lowest BCUT2D eigenvalue weighted by Gasteiger charge is -2.29. The average Bonchev–Trinajstić information content (AvgIpc) is 2.87. The molecule has 3 aromatic rings. The normalized spacial score (nSPS) is 15.3. The van der Waals surface area contributed by atoms with Crippen molar-refractivity contribution in [3.05, 3.63) is 60.2 Å². The second kappa shape index (κ2) is 8.21. The van der Waals surface area contributed by atoms with Crippen molar-refractivity contribution < 1.29 is 9.53 Å². The van der Waals surface area contributed by atoms with Crippen LogP contribution in [-0.4, -0.2) is 26.8 Å². The molecule has 0 N–H and O–H groups in total. The van der Waals surface area contributed by atoms with Gasteiger partial charge in [0.1, 0.15) is 0 Å². The van der Waals surface area contributed by atoms with Crippen molar-refractivity contribution in [1.82, 2.24) is 15.2 Å². The number of carbonyl (C=O) groups is 1. The maximum Gasteiger partial charge on any atom is 0.247 e. The van der Waals surface area contributed by atoms with Gasteiger partial charge < -0.3 is 4.74 Å². The van der Waals surface area contributed by atoms with Crippen molar-refractivity contribution in [3.8, 4) is 17.1 Å². The molecule has 29 heavy (non-hydrogen) atoms. The summed E-state index contributed by atoms with van der Waals surface area (Å²) in [7, 11) is 0. The molecule has 2 aromatic carbocycles. The highest BCUT2D eigenvalue weighted by Gasteiger charge is 2.34. The van der Waals surface area contributed by atoms with Crippen molar-refractivity contribution in [3.63, 3.8) is 0 Å². The van der Waals surface area contributed by atoms with Crippen molar-refractivity contribution in [2.45, 2.75) is 32.2 Å². The first-order valence-corrected chi connectivity index (χ1v) is 10.5. The third-order valence-corrected chi connectivity index (χ3v) is 5.75. The standard InChI is InChI=1S/C22H22N4O2S/c1-14(2)13-29-22-23-20-19(24-25-22)17-11-7-8-12-18(17)26(15(3)27)21(28-20)16-9-5-4-6-10-16/h4-12,14,21H,13H2,1-3H3. The van der Waals surface area contributed by atoms with E-state index >= 15 is 0 Å². The van der Waals surface area contributed by atoms with E-state index in [-0.39, 0.29) is 5.91 Å². The van der Waals surface area contributed by atoms with E-state index in [4.69, 9.17) is 4.74 Å². The van der Waals surface area contributed by atoms with Gasteiger partial charge in [-0.3, -0.25) is 9.69 Å². The summed E-state index contributed by atoms with van der Waals surface area (Å²) in [4.78, 5) is 19.0. The molecule has 0 spiro atoms. The quantitative estimate of drug-likeness (QED) is 0.584. The van der Waals surface area contributed by atoms with Crippen LogP contribution in [0.15, 0.2) is 59.8 Å². The number of nitrogens with zero attached hydrogens (tertiary/aromatic N) is 4. The van der Waals surface area contributed by atoms with Gasteiger partial charge in [-0.05, 0) is 12.0 Å². The van der Waals surface area contributed by atoms with E-state index in [0.717, 1.165) is 22.6 Å². The van der Waals surface area contributed by atoms with Gasteiger partial charge in [0, 0.05) is 23.8 Å². The summed E-state index contributed by atoms with van der Waals surface area (Å²) in [5.41, 5.74) is 2.90. The lowest BCUT2D eigenvalue weighted by molar-refractivity contribution is -0.118. The van der Waals surface area contributed by atoms with Crippen molar-refractivity contribution in [2.75, 3.05) is 10.7 Å². The molecule has 0 fully saturated rings. The smallest absolute Gasteiger partial charge is 0.247 e. The van der Waals surface area contributed by atoms with E-state index in [1.165, 1.54) is 6.92 Å². The third-order valence-electron chi connectivity index (χ3n) is 4.48. The SMILES string of the molecule is CC(=O)N1c2ccccc2-c2nnc(SCC(C)C)nc2OC1c1ccccc1. The first-order valence-electron chi connectivity index (χ1n) is 9.53. The Balaban J connectivity index is 1.87. The summed E-state index contributed by atoms with van der Waals surface area (Å²) in [6.45, 7) is 5.83. The van der Waals surface area contributed by atoms with E-state index in [9.17, 15) is 4.79 Å². The zero-order valence-corrected chi connectivity index (χ0v) is 17.4. The third kappa shape index (κ3) is 3.96. The van der Waals surface area contributed by atoms with Crippen LogP contribution in [0, 0.1) is 5.92 Å². The van der Waals surface area contributed by atoms with Crippen LogP contribution < -0.4 is 9.64 Å². The summed E-state index contributed by atoms with van der Waals surface area (Å²) in [5.74, 6) is 1.66. The molecule has 1 aliphatic rings. The lowest BCUT2D eigenvalue weighted by atomic mass is 10.1. The second-order valence-corrected chi connectivity index (χ2v) is 8.23. The van der Waals surface area contributed by atoms with Crippen LogP contribution in [0.5, 0.6) is 5.88 Å². The van der Waals surface area contributed by atoms with Gasteiger partial charge in [0.2, 0.25) is 23.2 Å². The summed E-state index contributed by atoms with van der Waals surface area (Å²) >= 11 is 1.55. The Labute approximate surface area is 174 Å². The molecule has 7 heteroatoms. The van der Waals surface area contributed by atoms with Gasteiger partial charge in [0.25, 0.3) is 0 Å². The Bertz CT molecular complexity index is 1030. The number of aromatic nitrogens is 3. The Hall–Kier alpha value is -2.93. The number of carbonyl (C=O) groups excluding carboxylic acids is 1. The van der Waals surface area contributed by atoms with Crippen LogP contribution in [0.3, 0.4) is 0 Å². The van der Waals surface area contributed by atoms with Crippen molar-refractivity contribution in [1.29, 1.82) is 0 Å². The zero-order chi connectivity index (χ0) is 20.4. The van der Waals surface area contributed by atoms with Crippen molar-refractivity contribution >= 4 is 23.4 Å². The second-order valence-electron chi connectivity index (χ2n) is 7.24. The van der Waals surface area contributed by atoms with Crippen LogP contribution in [0.4, 0.5) is 5.69 Å². The number of benzene rings is 2. The number of fused-ring (bicyclic) bond motifs is 3.